The van der Waals surface area contributed by atoms with Gasteiger partial charge in [0.05, 0.1) is 37.1 Å². The Morgan fingerprint density at radius 2 is 1.12 bits per heavy atom. The summed E-state index contributed by atoms with van der Waals surface area (Å²) in [6, 6.07) is 7.78. The number of para-hydroxylation sites is 2. The highest BCUT2D eigenvalue weighted by atomic mass is 32.9. The Labute approximate surface area is 275 Å². The summed E-state index contributed by atoms with van der Waals surface area (Å²) in [6.45, 7) is 9.50. The number of benzene rings is 1. The fourth-order valence-corrected chi connectivity index (χ4v) is 9.13. The molecule has 0 bridgehead atoms. The smallest absolute Gasteiger partial charge is 0.248 e. The van der Waals surface area contributed by atoms with Crippen molar-refractivity contribution in [3.63, 3.8) is 0 Å². The van der Waals surface area contributed by atoms with Crippen LogP contribution in [0.25, 0.3) is 0 Å². The Bertz CT molecular complexity index is 806. The lowest BCUT2D eigenvalue weighted by atomic mass is 10.0. The van der Waals surface area contributed by atoms with E-state index in [1.807, 2.05) is 24.3 Å². The van der Waals surface area contributed by atoms with Gasteiger partial charge in [0.2, 0.25) is 5.69 Å². The van der Waals surface area contributed by atoms with Crippen molar-refractivity contribution in [2.24, 2.45) is 5.84 Å². The summed E-state index contributed by atoms with van der Waals surface area (Å²) in [6.07, 6.45) is 26.1. The molecule has 4 N–H and O–H groups in total. The second-order valence-electron chi connectivity index (χ2n) is 11.9. The molecule has 0 saturated heterocycles. The number of rotatable bonds is 31. The maximum atomic E-state index is 6.52. The number of nitrogens with zero attached hydrogens (tertiary/aromatic N) is 2. The average Bonchev–Trinajstić information content (AvgIpc) is 3.00. The molecular formula is C34H67N4O2PS2. The molecule has 0 spiro atoms. The van der Waals surface area contributed by atoms with Gasteiger partial charge in [-0.1, -0.05) is 153 Å². The predicted octanol–water partition coefficient (Wildman–Crippen LogP) is 11.0. The van der Waals surface area contributed by atoms with E-state index >= 15 is 0 Å². The molecular weight excluding hydrogens is 592 g/mol. The molecule has 1 aromatic rings. The van der Waals surface area contributed by atoms with Gasteiger partial charge in [0.15, 0.2) is 0 Å². The molecule has 0 aliphatic carbocycles. The van der Waals surface area contributed by atoms with Gasteiger partial charge >= 0.3 is 0 Å². The number of nitrogen functional groups attached to an aromatic ring is 1. The molecule has 0 saturated carbocycles. The van der Waals surface area contributed by atoms with Crippen LogP contribution in [0, 0.1) is 0 Å². The van der Waals surface area contributed by atoms with Gasteiger partial charge in [-0.25, -0.2) is 5.84 Å². The van der Waals surface area contributed by atoms with E-state index in [1.54, 1.807) is 16.4 Å². The van der Waals surface area contributed by atoms with Crippen LogP contribution in [0.5, 0.6) is 0 Å². The molecule has 252 valence electrons. The van der Waals surface area contributed by atoms with Gasteiger partial charge in [0.25, 0.3) is 0 Å². The largest absolute Gasteiger partial charge is 0.397 e. The van der Waals surface area contributed by atoms with Crippen LogP contribution in [-0.2, 0) is 20.9 Å². The molecule has 1 aromatic carbocycles. The highest BCUT2D eigenvalue weighted by Crippen LogP contribution is 2.61. The first-order valence-corrected chi connectivity index (χ1v) is 21.8. The summed E-state index contributed by atoms with van der Waals surface area (Å²) in [7, 11) is 0. The van der Waals surface area contributed by atoms with Crippen molar-refractivity contribution >= 4 is 40.3 Å². The van der Waals surface area contributed by atoms with Gasteiger partial charge in [-0.15, -0.1) is 0 Å². The third kappa shape index (κ3) is 21.9. The highest BCUT2D eigenvalue weighted by molar-refractivity contribution is 8.67. The van der Waals surface area contributed by atoms with Crippen LogP contribution < -0.4 is 16.6 Å². The molecule has 43 heavy (non-hydrogen) atoms. The van der Waals surface area contributed by atoms with E-state index in [0.29, 0.717) is 25.6 Å². The minimum atomic E-state index is -2.41. The standard InChI is InChI=1S/C34H67N4O2PS2/c1-4-7-10-11-12-13-14-15-16-17-18-19-20-21-22-25-28-37(31-38(36)34-27-24-23-26-33(34)35)32-43-41(42,39-29-8-5-2)40-30-9-6-3/h23-24,26-27H,4-22,25,28-32,35-36H2,1-3H3. The van der Waals surface area contributed by atoms with Gasteiger partial charge in [-0.3, -0.25) is 9.91 Å². The first kappa shape index (κ1) is 40.7. The number of unbranched alkanes of at least 4 members (excludes halogenated alkanes) is 17. The van der Waals surface area contributed by atoms with Crippen LogP contribution in [-0.4, -0.2) is 37.2 Å². The van der Waals surface area contributed by atoms with Crippen molar-refractivity contribution in [3.8, 4) is 0 Å². The van der Waals surface area contributed by atoms with Crippen molar-refractivity contribution in [3.05, 3.63) is 24.3 Å². The zero-order chi connectivity index (χ0) is 31.4. The molecule has 0 aliphatic rings. The first-order chi connectivity index (χ1) is 21.0. The van der Waals surface area contributed by atoms with Gasteiger partial charge in [-0.2, -0.15) is 0 Å². The number of hydrogen-bond donors (Lipinski definition) is 2. The molecule has 6 nitrogen and oxygen atoms in total. The third-order valence-corrected chi connectivity index (χ3v) is 13.1. The van der Waals surface area contributed by atoms with Crippen molar-refractivity contribution in [2.45, 2.75) is 149 Å². The van der Waals surface area contributed by atoms with Gasteiger partial charge in [-0.05, 0) is 43.2 Å². The van der Waals surface area contributed by atoms with Gasteiger partial charge < -0.3 is 14.8 Å². The Balaban J connectivity index is 2.43. The van der Waals surface area contributed by atoms with Crippen molar-refractivity contribution in [1.82, 2.24) is 4.90 Å². The van der Waals surface area contributed by atoms with E-state index in [2.05, 4.69) is 25.7 Å². The van der Waals surface area contributed by atoms with E-state index in [0.717, 1.165) is 50.2 Å². The summed E-state index contributed by atoms with van der Waals surface area (Å²) in [5, 5.41) is 1.75. The Morgan fingerprint density at radius 1 is 0.674 bits per heavy atom. The number of anilines is 2. The zero-order valence-corrected chi connectivity index (χ0v) is 30.6. The molecule has 9 heteroatoms. The molecule has 0 fully saturated rings. The SMILES string of the molecule is CCCCCCCCCCCCCCCCCCN(CSP(=S)(OCCCC)OCCCC)CN(N)c1ccccc1N. The van der Waals surface area contributed by atoms with Crippen molar-refractivity contribution in [2.75, 3.05) is 43.0 Å². The molecule has 0 heterocycles. The fraction of sp³-hybridized carbons (Fsp3) is 0.824. The number of nitrogens with two attached hydrogens (primary N) is 2. The normalized spacial score (nSPS) is 11.9. The monoisotopic (exact) mass is 658 g/mol. The summed E-state index contributed by atoms with van der Waals surface area (Å²) < 4.78 is 12.4. The maximum absolute atomic E-state index is 6.52. The third-order valence-electron chi connectivity index (χ3n) is 7.82. The summed E-state index contributed by atoms with van der Waals surface area (Å²) in [4.78, 5) is 2.37. The van der Waals surface area contributed by atoms with Crippen LogP contribution >= 0.6 is 17.1 Å². The van der Waals surface area contributed by atoms with Crippen LogP contribution in [0.3, 0.4) is 0 Å². The lowest BCUT2D eigenvalue weighted by molar-refractivity contribution is 0.252. The van der Waals surface area contributed by atoms with Crippen molar-refractivity contribution < 1.29 is 9.05 Å². The molecule has 1 rings (SSSR count). The Hall–Kier alpha value is -0.340. The van der Waals surface area contributed by atoms with Gasteiger partial charge in [0.1, 0.15) is 0 Å². The highest BCUT2D eigenvalue weighted by Gasteiger charge is 2.22. The molecule has 0 amide bonds. The second kappa shape index (κ2) is 27.9. The minimum absolute atomic E-state index is 0.583. The van der Waals surface area contributed by atoms with Crippen LogP contribution in [0.2, 0.25) is 0 Å². The molecule has 0 aromatic heterocycles. The number of hydrogen-bond acceptors (Lipinski definition) is 8. The maximum Gasteiger partial charge on any atom is 0.248 e. The minimum Gasteiger partial charge on any atom is -0.397 e. The zero-order valence-electron chi connectivity index (χ0n) is 28.1. The average molecular weight is 659 g/mol. The van der Waals surface area contributed by atoms with Gasteiger partial charge in [0, 0.05) is 6.54 Å². The molecule has 0 unspecified atom stereocenters. The van der Waals surface area contributed by atoms with Crippen LogP contribution in [0.4, 0.5) is 11.4 Å². The van der Waals surface area contributed by atoms with E-state index in [-0.39, 0.29) is 0 Å². The summed E-state index contributed by atoms with van der Waals surface area (Å²) in [5.41, 5.74) is 5.35. The molecule has 0 aliphatic heterocycles. The fourth-order valence-electron chi connectivity index (χ4n) is 5.01. The Morgan fingerprint density at radius 3 is 1.58 bits per heavy atom. The van der Waals surface area contributed by atoms with Crippen LogP contribution in [0.15, 0.2) is 24.3 Å². The predicted molar refractivity (Wildman–Crippen MR) is 197 cm³/mol. The van der Waals surface area contributed by atoms with E-state index in [4.69, 9.17) is 32.4 Å². The van der Waals surface area contributed by atoms with E-state index in [9.17, 15) is 0 Å². The molecule has 0 radical (unpaired) electrons. The van der Waals surface area contributed by atoms with Crippen molar-refractivity contribution in [1.29, 1.82) is 0 Å². The van der Waals surface area contributed by atoms with E-state index in [1.165, 1.54) is 96.3 Å². The molecule has 0 atom stereocenters. The quantitative estimate of drug-likeness (QED) is 0.0204. The second-order valence-corrected chi connectivity index (χ2v) is 18.2. The Kier molecular flexibility index (Phi) is 26.4. The lowest BCUT2D eigenvalue weighted by Gasteiger charge is -2.31. The van der Waals surface area contributed by atoms with Crippen LogP contribution in [0.1, 0.15) is 149 Å². The summed E-state index contributed by atoms with van der Waals surface area (Å²) in [5.74, 6) is 7.25. The lowest BCUT2D eigenvalue weighted by Crippen LogP contribution is -2.43. The topological polar surface area (TPSA) is 77.0 Å². The van der Waals surface area contributed by atoms with E-state index < -0.39 is 5.69 Å². The number of hydrazine groups is 1. The first-order valence-electron chi connectivity index (χ1n) is 17.6. The summed E-state index contributed by atoms with van der Waals surface area (Å²) >= 11 is 7.62.